The molecular formula is C25H51N2O6P. The third kappa shape index (κ3) is 15.6. The minimum Gasteiger partial charge on any atom is -0.381 e. The molecule has 0 bridgehead atoms. The largest absolute Gasteiger partial charge is 0.381 e. The van der Waals surface area contributed by atoms with E-state index in [4.69, 9.17) is 33.3 Å². The van der Waals surface area contributed by atoms with Gasteiger partial charge in [-0.25, -0.2) is 4.67 Å². The van der Waals surface area contributed by atoms with Crippen LogP contribution in [0.4, 0.5) is 0 Å². The van der Waals surface area contributed by atoms with Crippen LogP contribution < -0.4 is 0 Å². The highest BCUT2D eigenvalue weighted by Crippen LogP contribution is 2.45. The molecule has 0 aromatic carbocycles. The van der Waals surface area contributed by atoms with E-state index in [2.05, 4.69) is 59.2 Å². The Morgan fingerprint density at radius 2 is 1.09 bits per heavy atom. The topological polar surface area (TPSA) is 82.4 Å². The first kappa shape index (κ1) is 33.6. The van der Waals surface area contributed by atoms with Crippen molar-refractivity contribution in [3.05, 3.63) is 0 Å². The van der Waals surface area contributed by atoms with E-state index in [9.17, 15) is 0 Å². The van der Waals surface area contributed by atoms with Crippen molar-refractivity contribution < 1.29 is 28.0 Å². The monoisotopic (exact) mass is 506 g/mol. The van der Waals surface area contributed by atoms with Crippen molar-refractivity contribution in [1.29, 1.82) is 5.26 Å². The molecule has 0 radical (unpaired) electrons. The number of nitriles is 1. The summed E-state index contributed by atoms with van der Waals surface area (Å²) in [5, 5.41) is 8.86. The van der Waals surface area contributed by atoms with Crippen molar-refractivity contribution in [2.45, 2.75) is 86.2 Å². The molecule has 0 aliphatic rings. The summed E-state index contributed by atoms with van der Waals surface area (Å²) in [6.45, 7) is 20.2. The van der Waals surface area contributed by atoms with Crippen molar-refractivity contribution in [2.75, 3.05) is 66.1 Å². The second-order valence-corrected chi connectivity index (χ2v) is 10.5. The van der Waals surface area contributed by atoms with Crippen molar-refractivity contribution in [2.24, 2.45) is 5.41 Å². The van der Waals surface area contributed by atoms with E-state index in [1.54, 1.807) is 0 Å². The summed E-state index contributed by atoms with van der Waals surface area (Å²) in [6.07, 6.45) is 3.24. The molecule has 0 N–H and O–H groups in total. The molecule has 0 aromatic heterocycles. The Bertz CT molecular complexity index is 470. The predicted octanol–water partition coefficient (Wildman–Crippen LogP) is 5.56. The van der Waals surface area contributed by atoms with E-state index in [0.29, 0.717) is 72.5 Å². The SMILES string of the molecule is CCCOCC(COCCC)(COCCC)COCCOP(OCCC#N)N(C(C)C)C(C)C. The number of hydrogen-bond acceptors (Lipinski definition) is 8. The average Bonchev–Trinajstić information content (AvgIpc) is 2.78. The van der Waals surface area contributed by atoms with Crippen LogP contribution in [0, 0.1) is 16.7 Å². The molecule has 0 rings (SSSR count). The third-order valence-electron chi connectivity index (χ3n) is 4.77. The molecule has 0 fully saturated rings. The lowest BCUT2D eigenvalue weighted by molar-refractivity contribution is -0.108. The quantitative estimate of drug-likeness (QED) is 0.124. The van der Waals surface area contributed by atoms with Crippen molar-refractivity contribution >= 4 is 8.53 Å². The lowest BCUT2D eigenvalue weighted by atomic mass is 9.92. The van der Waals surface area contributed by atoms with Crippen LogP contribution in [0.2, 0.25) is 0 Å². The first-order valence-corrected chi connectivity index (χ1v) is 14.0. The number of rotatable bonds is 24. The van der Waals surface area contributed by atoms with Gasteiger partial charge in [0.1, 0.15) is 0 Å². The van der Waals surface area contributed by atoms with Crippen LogP contribution in [-0.2, 0) is 28.0 Å². The van der Waals surface area contributed by atoms with E-state index in [1.807, 2.05) is 0 Å². The Morgan fingerprint density at radius 1 is 0.676 bits per heavy atom. The smallest absolute Gasteiger partial charge is 0.259 e. The first-order valence-electron chi connectivity index (χ1n) is 12.9. The minimum absolute atomic E-state index is 0.268. The highest BCUT2D eigenvalue weighted by Gasteiger charge is 2.33. The van der Waals surface area contributed by atoms with Crippen LogP contribution in [0.15, 0.2) is 0 Å². The zero-order valence-electron chi connectivity index (χ0n) is 22.8. The molecule has 34 heavy (non-hydrogen) atoms. The highest BCUT2D eigenvalue weighted by molar-refractivity contribution is 7.44. The van der Waals surface area contributed by atoms with Crippen LogP contribution in [0.3, 0.4) is 0 Å². The second kappa shape index (κ2) is 21.9. The second-order valence-electron chi connectivity index (χ2n) is 9.09. The molecule has 0 aliphatic carbocycles. The van der Waals surface area contributed by atoms with Crippen LogP contribution in [0.5, 0.6) is 0 Å². The Hall–Kier alpha value is -0.360. The fourth-order valence-electron chi connectivity index (χ4n) is 3.33. The van der Waals surface area contributed by atoms with Crippen molar-refractivity contribution in [3.8, 4) is 6.07 Å². The van der Waals surface area contributed by atoms with Gasteiger partial charge in [-0.2, -0.15) is 5.26 Å². The number of hydrogen-bond donors (Lipinski definition) is 0. The molecule has 9 heteroatoms. The molecule has 8 nitrogen and oxygen atoms in total. The van der Waals surface area contributed by atoms with Gasteiger partial charge in [0.05, 0.1) is 64.2 Å². The van der Waals surface area contributed by atoms with Gasteiger partial charge in [0.15, 0.2) is 0 Å². The summed E-state index contributed by atoms with van der Waals surface area (Å²) in [7, 11) is -1.27. The first-order chi connectivity index (χ1) is 16.4. The van der Waals surface area contributed by atoms with Crippen LogP contribution in [-0.4, -0.2) is 82.8 Å². The van der Waals surface area contributed by atoms with E-state index in [0.717, 1.165) is 19.3 Å². The third-order valence-corrected chi connectivity index (χ3v) is 6.88. The van der Waals surface area contributed by atoms with Gasteiger partial charge in [0.2, 0.25) is 0 Å². The molecule has 0 saturated heterocycles. The molecule has 1 atom stereocenters. The Morgan fingerprint density at radius 3 is 1.47 bits per heavy atom. The molecular weight excluding hydrogens is 455 g/mol. The zero-order valence-corrected chi connectivity index (χ0v) is 23.7. The molecule has 0 saturated carbocycles. The van der Waals surface area contributed by atoms with Gasteiger partial charge in [-0.05, 0) is 47.0 Å². The maximum absolute atomic E-state index is 8.86. The summed E-state index contributed by atoms with van der Waals surface area (Å²) in [5.41, 5.74) is -0.352. The van der Waals surface area contributed by atoms with Gasteiger partial charge in [-0.15, -0.1) is 0 Å². The van der Waals surface area contributed by atoms with Crippen molar-refractivity contribution in [1.82, 2.24) is 4.67 Å². The van der Waals surface area contributed by atoms with Gasteiger partial charge >= 0.3 is 0 Å². The summed E-state index contributed by atoms with van der Waals surface area (Å²) in [6, 6.07) is 2.66. The maximum atomic E-state index is 8.86. The minimum atomic E-state index is -1.27. The van der Waals surface area contributed by atoms with Crippen LogP contribution in [0.25, 0.3) is 0 Å². The highest BCUT2D eigenvalue weighted by atomic mass is 31.2. The Balaban J connectivity index is 4.98. The van der Waals surface area contributed by atoms with Gasteiger partial charge in [0, 0.05) is 31.9 Å². The van der Waals surface area contributed by atoms with Crippen LogP contribution in [0.1, 0.15) is 74.1 Å². The van der Waals surface area contributed by atoms with E-state index >= 15 is 0 Å². The summed E-state index contributed by atoms with van der Waals surface area (Å²) < 4.78 is 38.1. The summed E-state index contributed by atoms with van der Waals surface area (Å²) >= 11 is 0. The number of ether oxygens (including phenoxy) is 4. The van der Waals surface area contributed by atoms with Crippen molar-refractivity contribution in [3.63, 3.8) is 0 Å². The fourth-order valence-corrected chi connectivity index (χ4v) is 4.90. The molecule has 1 unspecified atom stereocenters. The molecule has 0 spiro atoms. The lowest BCUT2D eigenvalue weighted by Crippen LogP contribution is -2.42. The predicted molar refractivity (Wildman–Crippen MR) is 138 cm³/mol. The molecule has 202 valence electrons. The summed E-state index contributed by atoms with van der Waals surface area (Å²) in [4.78, 5) is 0. The Kier molecular flexibility index (Phi) is 21.7. The molecule has 0 heterocycles. The van der Waals surface area contributed by atoms with Gasteiger partial charge in [0.25, 0.3) is 8.53 Å². The maximum Gasteiger partial charge on any atom is 0.259 e. The Labute approximate surface area is 210 Å². The fraction of sp³-hybridized carbons (Fsp3) is 0.960. The number of nitrogens with zero attached hydrogens (tertiary/aromatic N) is 2. The lowest BCUT2D eigenvalue weighted by Gasteiger charge is -2.35. The molecule has 0 aromatic rings. The van der Waals surface area contributed by atoms with E-state index < -0.39 is 8.53 Å². The normalized spacial score (nSPS) is 13.2. The van der Waals surface area contributed by atoms with Gasteiger partial charge in [-0.3, -0.25) is 0 Å². The van der Waals surface area contributed by atoms with E-state index in [-0.39, 0.29) is 17.5 Å². The molecule has 0 amide bonds. The standard InChI is InChI=1S/C25H51N2O6P/c1-8-13-28-19-25(20-29-14-9-2,21-30-15-10-3)22-31-17-18-33-34(32-16-11-12-26)27(23(4)5)24(6)7/h23-24H,8-11,13-22H2,1-7H3. The zero-order chi connectivity index (χ0) is 25.7. The van der Waals surface area contributed by atoms with E-state index in [1.165, 1.54) is 0 Å². The average molecular weight is 507 g/mol. The molecule has 0 aliphatic heterocycles. The van der Waals surface area contributed by atoms with Gasteiger partial charge in [-0.1, -0.05) is 20.8 Å². The van der Waals surface area contributed by atoms with Crippen LogP contribution >= 0.6 is 8.53 Å². The van der Waals surface area contributed by atoms with Gasteiger partial charge < -0.3 is 28.0 Å². The summed E-state index contributed by atoms with van der Waals surface area (Å²) in [5.74, 6) is 0.